The van der Waals surface area contributed by atoms with Crippen LogP contribution in [0.4, 0.5) is 5.69 Å². The number of anilines is 1. The number of nitrogen functional groups attached to an aromatic ring is 1. The Bertz CT molecular complexity index is 1100. The van der Waals surface area contributed by atoms with Crippen molar-refractivity contribution in [2.24, 2.45) is 5.92 Å². The Kier molecular flexibility index (Phi) is 3.78. The molecule has 3 heterocycles. The van der Waals surface area contributed by atoms with E-state index in [0.717, 1.165) is 51.5 Å². The van der Waals surface area contributed by atoms with Crippen LogP contribution in [0.5, 0.6) is 5.88 Å². The van der Waals surface area contributed by atoms with Gasteiger partial charge in [-0.3, -0.25) is 0 Å². The summed E-state index contributed by atoms with van der Waals surface area (Å²) in [5.74, 6) is 1.40. The summed E-state index contributed by atoms with van der Waals surface area (Å²) in [4.78, 5) is 12.3. The molecule has 1 aliphatic rings. The zero-order valence-corrected chi connectivity index (χ0v) is 14.9. The van der Waals surface area contributed by atoms with Gasteiger partial charge in [0, 0.05) is 52.4 Å². The maximum absolute atomic E-state index is 5.92. The number of aromatic nitrogens is 3. The molecule has 5 rings (SSSR count). The number of rotatable bonds is 5. The molecule has 0 radical (unpaired) electrons. The molecule has 5 heteroatoms. The molecule has 0 atom stereocenters. The summed E-state index contributed by atoms with van der Waals surface area (Å²) in [6.45, 7) is 0.771. The van der Waals surface area contributed by atoms with E-state index in [0.29, 0.717) is 5.88 Å². The Morgan fingerprint density at radius 2 is 1.89 bits per heavy atom. The second-order valence-electron chi connectivity index (χ2n) is 7.09. The van der Waals surface area contributed by atoms with Gasteiger partial charge in [0.05, 0.1) is 6.61 Å². The van der Waals surface area contributed by atoms with E-state index in [-0.39, 0.29) is 0 Å². The molecule has 0 unspecified atom stereocenters. The number of nitrogens with two attached hydrogens (primary N) is 1. The Morgan fingerprint density at radius 1 is 1.00 bits per heavy atom. The van der Waals surface area contributed by atoms with Crippen molar-refractivity contribution < 1.29 is 4.74 Å². The third kappa shape index (κ3) is 3.24. The first kappa shape index (κ1) is 15.9. The van der Waals surface area contributed by atoms with Gasteiger partial charge in [0.15, 0.2) is 0 Å². The number of nitrogens with one attached hydrogen (secondary N) is 1. The fraction of sp³-hybridized carbons (Fsp3) is 0.182. The first-order chi connectivity index (χ1) is 13.3. The van der Waals surface area contributed by atoms with Crippen LogP contribution in [-0.4, -0.2) is 21.6 Å². The Hall–Kier alpha value is -3.34. The van der Waals surface area contributed by atoms with Crippen molar-refractivity contribution in [3.05, 3.63) is 61.1 Å². The molecule has 27 heavy (non-hydrogen) atoms. The van der Waals surface area contributed by atoms with Crippen molar-refractivity contribution in [2.45, 2.75) is 12.8 Å². The van der Waals surface area contributed by atoms with Crippen LogP contribution in [0.3, 0.4) is 0 Å². The molecule has 1 saturated carbocycles. The van der Waals surface area contributed by atoms with Gasteiger partial charge in [0.25, 0.3) is 0 Å². The van der Waals surface area contributed by atoms with Gasteiger partial charge in [-0.05, 0) is 48.6 Å². The van der Waals surface area contributed by atoms with E-state index in [1.54, 1.807) is 0 Å². The van der Waals surface area contributed by atoms with E-state index in [2.05, 4.69) is 21.0 Å². The number of hydrogen-bond acceptors (Lipinski definition) is 4. The van der Waals surface area contributed by atoms with Gasteiger partial charge < -0.3 is 15.5 Å². The fourth-order valence-corrected chi connectivity index (χ4v) is 3.23. The SMILES string of the molecule is Nc1cccc(-c2cnc3[nH]cc(-c4ccc(OCC5CC5)nc4)c3c2)c1. The van der Waals surface area contributed by atoms with Crippen LogP contribution in [-0.2, 0) is 0 Å². The third-order valence-electron chi connectivity index (χ3n) is 4.96. The molecule has 5 nitrogen and oxygen atoms in total. The largest absolute Gasteiger partial charge is 0.477 e. The van der Waals surface area contributed by atoms with Crippen LogP contribution < -0.4 is 10.5 Å². The minimum atomic E-state index is 0.684. The lowest BCUT2D eigenvalue weighted by molar-refractivity contribution is 0.288. The second kappa shape index (κ2) is 6.43. The quantitative estimate of drug-likeness (QED) is 0.510. The summed E-state index contributed by atoms with van der Waals surface area (Å²) in [6, 6.07) is 14.0. The molecule has 134 valence electrons. The predicted octanol–water partition coefficient (Wildman–Crippen LogP) is 4.66. The molecule has 1 aromatic carbocycles. The highest BCUT2D eigenvalue weighted by Gasteiger charge is 2.22. The Balaban J connectivity index is 1.48. The number of nitrogens with zero attached hydrogens (tertiary/aromatic N) is 2. The average Bonchev–Trinajstić information content (AvgIpc) is 3.44. The van der Waals surface area contributed by atoms with Crippen LogP contribution in [0.15, 0.2) is 61.1 Å². The normalized spacial score (nSPS) is 13.8. The highest BCUT2D eigenvalue weighted by molar-refractivity contribution is 5.95. The molecule has 0 bridgehead atoms. The van der Waals surface area contributed by atoms with Crippen LogP contribution >= 0.6 is 0 Å². The van der Waals surface area contributed by atoms with Gasteiger partial charge in [-0.2, -0.15) is 0 Å². The van der Waals surface area contributed by atoms with E-state index >= 15 is 0 Å². The molecular weight excluding hydrogens is 336 g/mol. The van der Waals surface area contributed by atoms with E-state index in [9.17, 15) is 0 Å². The lowest BCUT2D eigenvalue weighted by Gasteiger charge is -2.06. The van der Waals surface area contributed by atoms with Crippen molar-refractivity contribution in [1.82, 2.24) is 15.0 Å². The first-order valence-electron chi connectivity index (χ1n) is 9.18. The molecule has 1 fully saturated rings. The Morgan fingerprint density at radius 3 is 2.67 bits per heavy atom. The van der Waals surface area contributed by atoms with Crippen molar-refractivity contribution in [3.63, 3.8) is 0 Å². The van der Waals surface area contributed by atoms with Crippen molar-refractivity contribution >= 4 is 16.7 Å². The van der Waals surface area contributed by atoms with E-state index in [4.69, 9.17) is 10.5 Å². The van der Waals surface area contributed by atoms with Gasteiger partial charge in [-0.15, -0.1) is 0 Å². The smallest absolute Gasteiger partial charge is 0.213 e. The standard InChI is InChI=1S/C22H20N4O/c23-18-3-1-2-15(8-18)17-9-19-20(12-26-22(19)25-11-17)16-6-7-21(24-10-16)27-13-14-4-5-14/h1-3,6-12,14H,4-5,13,23H2,(H,25,26). The number of ether oxygens (including phenoxy) is 1. The van der Waals surface area contributed by atoms with Gasteiger partial charge in [-0.1, -0.05) is 12.1 Å². The minimum Gasteiger partial charge on any atom is -0.477 e. The van der Waals surface area contributed by atoms with E-state index in [1.165, 1.54) is 12.8 Å². The van der Waals surface area contributed by atoms with Crippen molar-refractivity contribution in [1.29, 1.82) is 0 Å². The molecule has 3 aromatic heterocycles. The van der Waals surface area contributed by atoms with E-state index < -0.39 is 0 Å². The monoisotopic (exact) mass is 356 g/mol. The molecule has 1 aliphatic carbocycles. The summed E-state index contributed by atoms with van der Waals surface area (Å²) in [7, 11) is 0. The molecule has 0 spiro atoms. The minimum absolute atomic E-state index is 0.684. The second-order valence-corrected chi connectivity index (χ2v) is 7.09. The number of aromatic amines is 1. The summed E-state index contributed by atoms with van der Waals surface area (Å²) in [5, 5.41) is 1.06. The van der Waals surface area contributed by atoms with Gasteiger partial charge in [0.2, 0.25) is 5.88 Å². The van der Waals surface area contributed by atoms with Crippen molar-refractivity contribution in [3.8, 4) is 28.1 Å². The van der Waals surface area contributed by atoms with E-state index in [1.807, 2.05) is 55.0 Å². The molecular formula is C22H20N4O. The summed E-state index contributed by atoms with van der Waals surface area (Å²) in [5.41, 5.74) is 11.7. The average molecular weight is 356 g/mol. The summed E-state index contributed by atoms with van der Waals surface area (Å²) in [6.07, 6.45) is 8.25. The lowest BCUT2D eigenvalue weighted by atomic mass is 10.0. The zero-order valence-electron chi connectivity index (χ0n) is 14.9. The predicted molar refractivity (Wildman–Crippen MR) is 107 cm³/mol. The maximum atomic E-state index is 5.92. The zero-order chi connectivity index (χ0) is 18.2. The molecule has 3 N–H and O–H groups in total. The number of hydrogen-bond donors (Lipinski definition) is 2. The molecule has 0 aliphatic heterocycles. The summed E-state index contributed by atoms with van der Waals surface area (Å²) >= 11 is 0. The van der Waals surface area contributed by atoms with Gasteiger partial charge in [-0.25, -0.2) is 9.97 Å². The lowest BCUT2D eigenvalue weighted by Crippen LogP contribution is -2.00. The fourth-order valence-electron chi connectivity index (χ4n) is 3.23. The van der Waals surface area contributed by atoms with Gasteiger partial charge >= 0.3 is 0 Å². The molecule has 0 saturated heterocycles. The first-order valence-corrected chi connectivity index (χ1v) is 9.18. The number of H-pyrrole nitrogens is 1. The third-order valence-corrected chi connectivity index (χ3v) is 4.96. The van der Waals surface area contributed by atoms with Crippen LogP contribution in [0.1, 0.15) is 12.8 Å². The van der Waals surface area contributed by atoms with Crippen LogP contribution in [0.25, 0.3) is 33.3 Å². The molecule has 4 aromatic rings. The van der Waals surface area contributed by atoms with Crippen molar-refractivity contribution in [2.75, 3.05) is 12.3 Å². The van der Waals surface area contributed by atoms with Crippen LogP contribution in [0.2, 0.25) is 0 Å². The topological polar surface area (TPSA) is 76.8 Å². The van der Waals surface area contributed by atoms with Gasteiger partial charge in [0.1, 0.15) is 5.65 Å². The maximum Gasteiger partial charge on any atom is 0.213 e. The van der Waals surface area contributed by atoms with Crippen LogP contribution in [0, 0.1) is 5.92 Å². The number of fused-ring (bicyclic) bond motifs is 1. The summed E-state index contributed by atoms with van der Waals surface area (Å²) < 4.78 is 5.73. The Labute approximate surface area is 157 Å². The highest BCUT2D eigenvalue weighted by Crippen LogP contribution is 2.32. The highest BCUT2D eigenvalue weighted by atomic mass is 16.5. The molecule has 0 amide bonds. The number of benzene rings is 1. The number of pyridine rings is 2.